The third-order valence-corrected chi connectivity index (χ3v) is 0.743. The Kier molecular flexibility index (Phi) is 3.63. The van der Waals surface area contributed by atoms with E-state index in [0.29, 0.717) is 0 Å². The molecule has 38 valence electrons. The van der Waals surface area contributed by atoms with Gasteiger partial charge in [0, 0.05) is 19.5 Å². The van der Waals surface area contributed by atoms with Gasteiger partial charge >= 0.3 is 0 Å². The molecule has 0 aliphatic rings. The van der Waals surface area contributed by atoms with Gasteiger partial charge in [-0.25, -0.2) is 12.1 Å². The number of aryl methyl sites for hydroxylation is 1. The van der Waals surface area contributed by atoms with Crippen LogP contribution in [0.3, 0.4) is 0 Å². The van der Waals surface area contributed by atoms with Crippen LogP contribution in [0.5, 0.6) is 0 Å². The van der Waals surface area contributed by atoms with Gasteiger partial charge in [-0.05, 0) is 6.92 Å². The maximum Gasteiger partial charge on any atom is 0 e. The molecule has 0 N–H and O–H groups in total. The zero-order chi connectivity index (χ0) is 5.11. The molecule has 0 radical (unpaired) electrons. The first kappa shape index (κ1) is 7.77. The molecule has 8 heavy (non-hydrogen) atoms. The molecular formula is C6H6NZn-. The minimum atomic E-state index is 0. The van der Waals surface area contributed by atoms with Crippen molar-refractivity contribution >= 4 is 0 Å². The van der Waals surface area contributed by atoms with E-state index in [-0.39, 0.29) is 19.5 Å². The first-order chi connectivity index (χ1) is 3.39. The second-order valence-corrected chi connectivity index (χ2v) is 1.37. The molecule has 0 aliphatic heterocycles. The van der Waals surface area contributed by atoms with Crippen LogP contribution in [0.2, 0.25) is 0 Å². The van der Waals surface area contributed by atoms with Crippen molar-refractivity contribution in [2.75, 3.05) is 0 Å². The van der Waals surface area contributed by atoms with E-state index in [1.807, 2.05) is 19.1 Å². The SMILES string of the molecule is Cc1[c-]cccn1.[Zn]. The van der Waals surface area contributed by atoms with Crippen molar-refractivity contribution in [3.63, 3.8) is 0 Å². The van der Waals surface area contributed by atoms with Crippen LogP contribution in [0.1, 0.15) is 5.69 Å². The largest absolute Gasteiger partial charge is 0.301 e. The minimum absolute atomic E-state index is 0. The van der Waals surface area contributed by atoms with E-state index in [1.54, 1.807) is 6.20 Å². The van der Waals surface area contributed by atoms with Gasteiger partial charge in [0.1, 0.15) is 0 Å². The number of pyridine rings is 1. The van der Waals surface area contributed by atoms with Crippen molar-refractivity contribution in [3.8, 4) is 0 Å². The monoisotopic (exact) mass is 156 g/mol. The van der Waals surface area contributed by atoms with E-state index in [4.69, 9.17) is 0 Å². The molecule has 2 heteroatoms. The molecule has 0 bridgehead atoms. The summed E-state index contributed by atoms with van der Waals surface area (Å²) in [7, 11) is 0. The molecule has 0 aliphatic carbocycles. The predicted molar refractivity (Wildman–Crippen MR) is 27.8 cm³/mol. The molecule has 0 saturated heterocycles. The summed E-state index contributed by atoms with van der Waals surface area (Å²) in [6, 6.07) is 6.62. The second-order valence-electron chi connectivity index (χ2n) is 1.37. The average Bonchev–Trinajstić information content (AvgIpc) is 1.69. The summed E-state index contributed by atoms with van der Waals surface area (Å²) in [5.74, 6) is 0. The Bertz CT molecular complexity index is 138. The van der Waals surface area contributed by atoms with Crippen LogP contribution in [-0.4, -0.2) is 4.98 Å². The van der Waals surface area contributed by atoms with Gasteiger partial charge in [0.05, 0.1) is 0 Å². The predicted octanol–water partition coefficient (Wildman–Crippen LogP) is 1.19. The Balaban J connectivity index is 0.000000490. The maximum atomic E-state index is 3.92. The van der Waals surface area contributed by atoms with Crippen LogP contribution < -0.4 is 0 Å². The van der Waals surface area contributed by atoms with Crippen LogP contribution in [0.4, 0.5) is 0 Å². The molecule has 0 spiro atoms. The molecule has 0 unspecified atom stereocenters. The fourth-order valence-corrected chi connectivity index (χ4v) is 0.404. The molecule has 1 aromatic heterocycles. The molecule has 0 fully saturated rings. The third-order valence-electron chi connectivity index (χ3n) is 0.743. The third kappa shape index (κ3) is 2.18. The summed E-state index contributed by atoms with van der Waals surface area (Å²) >= 11 is 0. The Morgan fingerprint density at radius 3 is 2.62 bits per heavy atom. The summed E-state index contributed by atoms with van der Waals surface area (Å²) in [5.41, 5.74) is 0.947. The Morgan fingerprint density at radius 1 is 1.62 bits per heavy atom. The number of nitrogens with zero attached hydrogens (tertiary/aromatic N) is 1. The van der Waals surface area contributed by atoms with Crippen molar-refractivity contribution in [1.29, 1.82) is 0 Å². The van der Waals surface area contributed by atoms with Crippen molar-refractivity contribution in [1.82, 2.24) is 4.98 Å². The van der Waals surface area contributed by atoms with Crippen LogP contribution in [0.15, 0.2) is 18.3 Å². The van der Waals surface area contributed by atoms with Gasteiger partial charge < -0.3 is 4.98 Å². The number of hydrogen-bond acceptors (Lipinski definition) is 1. The number of hydrogen-bond donors (Lipinski definition) is 0. The van der Waals surface area contributed by atoms with Crippen LogP contribution in [0, 0.1) is 13.0 Å². The van der Waals surface area contributed by atoms with E-state index in [2.05, 4.69) is 11.1 Å². The number of rotatable bonds is 0. The number of aromatic nitrogens is 1. The molecular weight excluding hydrogens is 151 g/mol. The summed E-state index contributed by atoms with van der Waals surface area (Å²) in [5, 5.41) is 0. The molecule has 1 aromatic rings. The molecule has 0 aromatic carbocycles. The Hall–Kier alpha value is -0.227. The van der Waals surface area contributed by atoms with Crippen LogP contribution >= 0.6 is 0 Å². The van der Waals surface area contributed by atoms with E-state index in [0.717, 1.165) is 5.69 Å². The molecule has 0 saturated carbocycles. The van der Waals surface area contributed by atoms with Gasteiger partial charge in [0.25, 0.3) is 0 Å². The van der Waals surface area contributed by atoms with Crippen molar-refractivity contribution in [3.05, 3.63) is 30.1 Å². The maximum absolute atomic E-state index is 3.92. The zero-order valence-corrected chi connectivity index (χ0v) is 7.85. The van der Waals surface area contributed by atoms with Gasteiger partial charge in [-0.1, -0.05) is 11.9 Å². The van der Waals surface area contributed by atoms with E-state index >= 15 is 0 Å². The van der Waals surface area contributed by atoms with Gasteiger partial charge in [-0.15, -0.1) is 0 Å². The normalized spacial score (nSPS) is 7.62. The summed E-state index contributed by atoms with van der Waals surface area (Å²) in [6.07, 6.45) is 1.76. The zero-order valence-electron chi connectivity index (χ0n) is 4.89. The van der Waals surface area contributed by atoms with Gasteiger partial charge in [-0.2, -0.15) is 6.07 Å². The van der Waals surface area contributed by atoms with Gasteiger partial charge in [-0.3, -0.25) is 0 Å². The van der Waals surface area contributed by atoms with Crippen LogP contribution in [-0.2, 0) is 19.5 Å². The van der Waals surface area contributed by atoms with Crippen molar-refractivity contribution < 1.29 is 19.5 Å². The quantitative estimate of drug-likeness (QED) is 0.407. The van der Waals surface area contributed by atoms with Crippen molar-refractivity contribution in [2.45, 2.75) is 6.92 Å². The minimum Gasteiger partial charge on any atom is -0.301 e. The molecule has 0 atom stereocenters. The molecule has 0 amide bonds. The smallest absolute Gasteiger partial charge is 0 e. The summed E-state index contributed by atoms with van der Waals surface area (Å²) in [4.78, 5) is 3.92. The standard InChI is InChI=1S/C6H6N.Zn/c1-6-4-2-3-5-7-6;/h2-3,5H,1H3;/q-1;. The Labute approximate surface area is 61.9 Å². The Morgan fingerprint density at radius 2 is 2.38 bits per heavy atom. The van der Waals surface area contributed by atoms with Gasteiger partial charge in [0.2, 0.25) is 0 Å². The first-order valence-electron chi connectivity index (χ1n) is 2.19. The fraction of sp³-hybridized carbons (Fsp3) is 0.167. The van der Waals surface area contributed by atoms with Crippen molar-refractivity contribution in [2.24, 2.45) is 0 Å². The fourth-order valence-electron chi connectivity index (χ4n) is 0.404. The van der Waals surface area contributed by atoms with E-state index in [9.17, 15) is 0 Å². The van der Waals surface area contributed by atoms with Crippen LogP contribution in [0.25, 0.3) is 0 Å². The molecule has 1 rings (SSSR count). The van der Waals surface area contributed by atoms with Gasteiger partial charge in [0.15, 0.2) is 0 Å². The second kappa shape index (κ2) is 3.74. The molecule has 1 heterocycles. The molecule has 1 nitrogen and oxygen atoms in total. The first-order valence-corrected chi connectivity index (χ1v) is 2.19. The van der Waals surface area contributed by atoms with E-state index in [1.165, 1.54) is 0 Å². The topological polar surface area (TPSA) is 12.9 Å². The summed E-state index contributed by atoms with van der Waals surface area (Å²) < 4.78 is 0. The summed E-state index contributed by atoms with van der Waals surface area (Å²) in [6.45, 7) is 1.92. The van der Waals surface area contributed by atoms with E-state index < -0.39 is 0 Å². The average molecular weight is 158 g/mol.